The molecule has 416 valence electrons. The lowest BCUT2D eigenvalue weighted by molar-refractivity contribution is -0.166. The minimum atomic E-state index is -0.812. The van der Waals surface area contributed by atoms with Gasteiger partial charge in [-0.1, -0.05) is 278 Å². The Kier molecular flexibility index (Phi) is 57.4. The van der Waals surface area contributed by atoms with Crippen LogP contribution in [0, 0.1) is 0 Å². The highest BCUT2D eigenvalue weighted by molar-refractivity contribution is 5.71. The van der Waals surface area contributed by atoms with E-state index in [-0.39, 0.29) is 37.5 Å². The number of esters is 3. The Balaban J connectivity index is 4.41. The third-order valence-electron chi connectivity index (χ3n) is 12.8. The number of carbonyl (C=O) groups excluding carboxylic acids is 3. The zero-order valence-corrected chi connectivity index (χ0v) is 47.6. The number of hydrogen-bond acceptors (Lipinski definition) is 6. The normalized spacial score (nSPS) is 12.9. The minimum Gasteiger partial charge on any atom is -0.462 e. The Morgan fingerprint density at radius 2 is 0.562 bits per heavy atom. The molecule has 0 aromatic heterocycles. The third-order valence-corrected chi connectivity index (χ3v) is 12.8. The van der Waals surface area contributed by atoms with Crippen molar-refractivity contribution in [3.8, 4) is 0 Å². The fourth-order valence-electron chi connectivity index (χ4n) is 8.31. The van der Waals surface area contributed by atoms with Crippen molar-refractivity contribution in [3.05, 3.63) is 109 Å². The lowest BCUT2D eigenvalue weighted by atomic mass is 10.0. The summed E-state index contributed by atoms with van der Waals surface area (Å²) in [6, 6.07) is 0. The first kappa shape index (κ1) is 69.1. The minimum absolute atomic E-state index is 0.105. The second-order valence-corrected chi connectivity index (χ2v) is 19.9. The largest absolute Gasteiger partial charge is 0.462 e. The van der Waals surface area contributed by atoms with E-state index in [1.165, 1.54) is 128 Å². The molecule has 73 heavy (non-hydrogen) atoms. The lowest BCUT2D eigenvalue weighted by Gasteiger charge is -2.18. The molecule has 0 N–H and O–H groups in total. The maximum Gasteiger partial charge on any atom is 0.306 e. The molecule has 0 radical (unpaired) electrons. The first-order chi connectivity index (χ1) is 36.0. The summed E-state index contributed by atoms with van der Waals surface area (Å²) in [6.45, 7) is 6.36. The second-order valence-electron chi connectivity index (χ2n) is 19.9. The highest BCUT2D eigenvalue weighted by atomic mass is 16.6. The van der Waals surface area contributed by atoms with Gasteiger partial charge in [0.05, 0.1) is 0 Å². The Morgan fingerprint density at radius 3 is 0.918 bits per heavy atom. The smallest absolute Gasteiger partial charge is 0.306 e. The Labute approximate surface area is 450 Å². The van der Waals surface area contributed by atoms with E-state index < -0.39 is 6.10 Å². The molecule has 0 aromatic carbocycles. The van der Waals surface area contributed by atoms with Crippen molar-refractivity contribution in [3.63, 3.8) is 0 Å². The second kappa shape index (κ2) is 60.6. The van der Waals surface area contributed by atoms with E-state index in [0.29, 0.717) is 19.3 Å². The van der Waals surface area contributed by atoms with Crippen molar-refractivity contribution < 1.29 is 28.6 Å². The fourth-order valence-corrected chi connectivity index (χ4v) is 8.31. The Bertz CT molecular complexity index is 1490. The van der Waals surface area contributed by atoms with E-state index in [9.17, 15) is 14.4 Å². The average Bonchev–Trinajstić information content (AvgIpc) is 3.39. The van der Waals surface area contributed by atoms with Gasteiger partial charge in [-0.2, -0.15) is 0 Å². The molecule has 0 bridgehead atoms. The topological polar surface area (TPSA) is 78.9 Å². The molecule has 0 aliphatic rings. The predicted octanol–water partition coefficient (Wildman–Crippen LogP) is 20.7. The van der Waals surface area contributed by atoms with Crippen LogP contribution in [0.3, 0.4) is 0 Å². The highest BCUT2D eigenvalue weighted by Gasteiger charge is 2.19. The van der Waals surface area contributed by atoms with Gasteiger partial charge in [0.1, 0.15) is 13.2 Å². The summed E-state index contributed by atoms with van der Waals surface area (Å²) in [5.74, 6) is -0.993. The van der Waals surface area contributed by atoms with Crippen molar-refractivity contribution in [1.82, 2.24) is 0 Å². The molecule has 1 atom stereocenters. The predicted molar refractivity (Wildman–Crippen MR) is 316 cm³/mol. The number of hydrogen-bond donors (Lipinski definition) is 0. The summed E-state index contributed by atoms with van der Waals surface area (Å²) >= 11 is 0. The van der Waals surface area contributed by atoms with Gasteiger partial charge in [0.2, 0.25) is 0 Å². The van der Waals surface area contributed by atoms with Crippen molar-refractivity contribution in [2.75, 3.05) is 13.2 Å². The van der Waals surface area contributed by atoms with Gasteiger partial charge in [0.25, 0.3) is 0 Å². The number of carbonyl (C=O) groups is 3. The van der Waals surface area contributed by atoms with Crippen LogP contribution in [0.1, 0.15) is 278 Å². The summed E-state index contributed by atoms with van der Waals surface area (Å²) in [7, 11) is 0. The van der Waals surface area contributed by atoms with E-state index in [1.54, 1.807) is 0 Å². The van der Waals surface area contributed by atoms with Crippen LogP contribution in [0.2, 0.25) is 0 Å². The van der Waals surface area contributed by atoms with Crippen LogP contribution in [0.4, 0.5) is 0 Å². The summed E-state index contributed by atoms with van der Waals surface area (Å²) in [6.07, 6.45) is 82.5. The van der Waals surface area contributed by atoms with Gasteiger partial charge in [0, 0.05) is 19.3 Å². The first-order valence-corrected chi connectivity index (χ1v) is 30.4. The quantitative estimate of drug-likeness (QED) is 0.0261. The highest BCUT2D eigenvalue weighted by Crippen LogP contribution is 2.16. The van der Waals surface area contributed by atoms with Crippen LogP contribution < -0.4 is 0 Å². The molecule has 0 amide bonds. The fraction of sp³-hybridized carbons (Fsp3) is 0.687. The summed E-state index contributed by atoms with van der Waals surface area (Å²) in [5, 5.41) is 0. The molecule has 0 heterocycles. The van der Waals surface area contributed by atoms with Gasteiger partial charge in [-0.15, -0.1) is 0 Å². The van der Waals surface area contributed by atoms with Crippen LogP contribution in [0.25, 0.3) is 0 Å². The van der Waals surface area contributed by atoms with Crippen LogP contribution in [-0.2, 0) is 28.6 Å². The van der Waals surface area contributed by atoms with Crippen LogP contribution in [0.5, 0.6) is 0 Å². The zero-order chi connectivity index (χ0) is 52.9. The lowest BCUT2D eigenvalue weighted by Crippen LogP contribution is -2.30. The molecule has 0 aliphatic carbocycles. The van der Waals surface area contributed by atoms with Crippen molar-refractivity contribution >= 4 is 17.9 Å². The van der Waals surface area contributed by atoms with E-state index in [4.69, 9.17) is 14.2 Å². The van der Waals surface area contributed by atoms with E-state index in [0.717, 1.165) is 103 Å². The van der Waals surface area contributed by atoms with Crippen LogP contribution in [-0.4, -0.2) is 37.2 Å². The van der Waals surface area contributed by atoms with Crippen molar-refractivity contribution in [2.45, 2.75) is 284 Å². The van der Waals surface area contributed by atoms with Gasteiger partial charge >= 0.3 is 17.9 Å². The van der Waals surface area contributed by atoms with Gasteiger partial charge < -0.3 is 14.2 Å². The molecule has 1 unspecified atom stereocenters. The van der Waals surface area contributed by atoms with Gasteiger partial charge in [-0.25, -0.2) is 0 Å². The van der Waals surface area contributed by atoms with E-state index in [1.807, 2.05) is 6.08 Å². The third kappa shape index (κ3) is 58.8. The van der Waals surface area contributed by atoms with Gasteiger partial charge in [0.15, 0.2) is 6.10 Å². The molecule has 0 saturated heterocycles. The van der Waals surface area contributed by atoms with Gasteiger partial charge in [-0.3, -0.25) is 14.4 Å². The summed E-state index contributed by atoms with van der Waals surface area (Å²) in [4.78, 5) is 38.2. The monoisotopic (exact) mass is 1010 g/mol. The van der Waals surface area contributed by atoms with Gasteiger partial charge in [-0.05, 0) is 89.9 Å². The number of ether oxygens (including phenoxy) is 3. The molecular formula is C67H112O6. The molecule has 0 fully saturated rings. The first-order valence-electron chi connectivity index (χ1n) is 30.4. The van der Waals surface area contributed by atoms with E-state index >= 15 is 0 Å². The van der Waals surface area contributed by atoms with Crippen LogP contribution >= 0.6 is 0 Å². The molecule has 0 spiro atoms. The Morgan fingerprint density at radius 1 is 0.288 bits per heavy atom. The molecule has 6 nitrogen and oxygen atoms in total. The van der Waals surface area contributed by atoms with Crippen LogP contribution in [0.15, 0.2) is 109 Å². The SMILES string of the molecule is CC/C=C\C/C=C\C/C=C\C/C=C\C/C=C\CCCCCCCCCC(=O)OCC(COC(=O)CC/C=C\C/C=C\C/C=C\C/C=C\CC)OC(=O)CCCCCCCCCCCCCCCCCCCCC. The average molecular weight is 1010 g/mol. The Hall–Kier alpha value is -3.93. The molecule has 0 aliphatic heterocycles. The van der Waals surface area contributed by atoms with Crippen molar-refractivity contribution in [2.24, 2.45) is 0 Å². The number of rotatable bonds is 54. The van der Waals surface area contributed by atoms with Crippen molar-refractivity contribution in [1.29, 1.82) is 0 Å². The molecule has 0 aromatic rings. The number of allylic oxidation sites excluding steroid dienone is 18. The summed E-state index contributed by atoms with van der Waals surface area (Å²) in [5.41, 5.74) is 0. The number of unbranched alkanes of at least 4 members (excludes halogenated alkanes) is 25. The molecule has 0 rings (SSSR count). The standard InChI is InChI=1S/C67H112O6/c1-4-7-10-13-16-19-22-25-27-29-31-32-33-34-36-37-39-42-45-48-51-54-57-60-66(69)72-63-64(62-71-65(68)59-56-53-50-47-44-41-24-21-18-15-12-9-6-3)73-67(70)61-58-55-52-49-46-43-40-38-35-30-28-26-23-20-17-14-11-8-5-2/h7,9-10,12,16,18-19,21,25,27,31-32,34,36,41,44,50,53,64H,4-6,8,11,13-15,17,20,22-24,26,28-30,33,35,37-40,42-43,45-49,51-52,54-63H2,1-3H3/b10-7-,12-9-,19-16-,21-18-,27-25-,32-31-,36-34-,44-41-,53-50-. The summed E-state index contributed by atoms with van der Waals surface area (Å²) < 4.78 is 16.8. The van der Waals surface area contributed by atoms with E-state index in [2.05, 4.69) is 124 Å². The molecule has 6 heteroatoms. The molecule has 0 saturated carbocycles. The zero-order valence-electron chi connectivity index (χ0n) is 47.6. The maximum atomic E-state index is 12.9. The molecular weight excluding hydrogens is 901 g/mol. The maximum absolute atomic E-state index is 12.9.